The molecule has 0 unspecified atom stereocenters. The second-order valence-electron chi connectivity index (χ2n) is 4.05. The number of benzene rings is 1. The molecule has 1 saturated carbocycles. The van der Waals surface area contributed by atoms with Crippen LogP contribution < -0.4 is 0 Å². The number of fused-ring (bicyclic) bond motifs is 1. The molecule has 14 heavy (non-hydrogen) atoms. The van der Waals surface area contributed by atoms with Gasteiger partial charge in [-0.25, -0.2) is 0 Å². The van der Waals surface area contributed by atoms with Crippen LogP contribution in [0.3, 0.4) is 0 Å². The molecule has 0 spiro atoms. The molecule has 1 aromatic carbocycles. The molecule has 1 heterocycles. The Labute approximate surface area is 80.9 Å². The molecule has 2 aromatic rings. The predicted octanol–water partition coefficient (Wildman–Crippen LogP) is 1.03. The van der Waals surface area contributed by atoms with Crippen LogP contribution in [0.1, 0.15) is 18.4 Å². The molecule has 3 rings (SSSR count). The van der Waals surface area contributed by atoms with E-state index in [-0.39, 0.29) is 0 Å². The Morgan fingerprint density at radius 1 is 1.29 bits per heavy atom. The maximum absolute atomic E-state index is 9.76. The van der Waals surface area contributed by atoms with Crippen LogP contribution in [0, 0.1) is 0 Å². The van der Waals surface area contributed by atoms with Gasteiger partial charge in [-0.3, -0.25) is 0 Å². The molecule has 0 atom stereocenters. The number of nitrogens with one attached hydrogen (secondary N) is 1. The standard InChI is InChI=1S/C10H11N3O/c14-10(3-4-10)6-7-1-2-8-9(5-7)12-13-11-8/h1-2,5,14H,3-4,6H2,(H,11,12,13). The van der Waals surface area contributed by atoms with Crippen molar-refractivity contribution in [3.63, 3.8) is 0 Å². The predicted molar refractivity (Wildman–Crippen MR) is 51.8 cm³/mol. The van der Waals surface area contributed by atoms with Gasteiger partial charge in [0.25, 0.3) is 0 Å². The largest absolute Gasteiger partial charge is 0.390 e. The zero-order valence-corrected chi connectivity index (χ0v) is 7.70. The number of hydrogen-bond acceptors (Lipinski definition) is 3. The summed E-state index contributed by atoms with van der Waals surface area (Å²) in [7, 11) is 0. The average molecular weight is 189 g/mol. The first kappa shape index (κ1) is 7.94. The van der Waals surface area contributed by atoms with Gasteiger partial charge >= 0.3 is 0 Å². The number of H-pyrrole nitrogens is 1. The Hall–Kier alpha value is -1.42. The first-order valence-electron chi connectivity index (χ1n) is 4.77. The van der Waals surface area contributed by atoms with Crippen LogP contribution in [0.15, 0.2) is 18.2 Å². The lowest BCUT2D eigenvalue weighted by molar-refractivity contribution is 0.151. The lowest BCUT2D eigenvalue weighted by Crippen LogP contribution is -2.10. The van der Waals surface area contributed by atoms with Crippen molar-refractivity contribution >= 4 is 11.0 Å². The van der Waals surface area contributed by atoms with Crippen molar-refractivity contribution in [1.82, 2.24) is 15.4 Å². The van der Waals surface area contributed by atoms with E-state index in [1.807, 2.05) is 18.2 Å². The van der Waals surface area contributed by atoms with E-state index in [9.17, 15) is 5.11 Å². The van der Waals surface area contributed by atoms with Gasteiger partial charge in [0.05, 0.1) is 5.60 Å². The van der Waals surface area contributed by atoms with Crippen LogP contribution in [-0.2, 0) is 6.42 Å². The van der Waals surface area contributed by atoms with Gasteiger partial charge in [0.2, 0.25) is 0 Å². The summed E-state index contributed by atoms with van der Waals surface area (Å²) in [5.41, 5.74) is 2.44. The second-order valence-corrected chi connectivity index (χ2v) is 4.05. The normalized spacial score (nSPS) is 18.6. The van der Waals surface area contributed by atoms with Crippen molar-refractivity contribution in [1.29, 1.82) is 0 Å². The highest BCUT2D eigenvalue weighted by Crippen LogP contribution is 2.38. The summed E-state index contributed by atoms with van der Waals surface area (Å²) in [4.78, 5) is 0. The van der Waals surface area contributed by atoms with Gasteiger partial charge in [-0.05, 0) is 30.5 Å². The number of aromatic amines is 1. The van der Waals surface area contributed by atoms with Gasteiger partial charge in [0, 0.05) is 6.42 Å². The summed E-state index contributed by atoms with van der Waals surface area (Å²) >= 11 is 0. The maximum atomic E-state index is 9.76. The summed E-state index contributed by atoms with van der Waals surface area (Å²) in [6, 6.07) is 5.91. The minimum absolute atomic E-state index is 0.433. The minimum atomic E-state index is -0.433. The number of aromatic nitrogens is 3. The van der Waals surface area contributed by atoms with E-state index in [4.69, 9.17) is 0 Å². The third-order valence-corrected chi connectivity index (χ3v) is 2.74. The first-order chi connectivity index (χ1) is 6.75. The van der Waals surface area contributed by atoms with Crippen LogP contribution in [-0.4, -0.2) is 26.1 Å². The SMILES string of the molecule is OC1(Cc2ccc3n[nH]nc3c2)CC1. The maximum Gasteiger partial charge on any atom is 0.113 e. The Morgan fingerprint density at radius 3 is 2.86 bits per heavy atom. The van der Waals surface area contributed by atoms with Gasteiger partial charge in [-0.2, -0.15) is 15.4 Å². The summed E-state index contributed by atoms with van der Waals surface area (Å²) in [6.07, 6.45) is 2.57. The molecule has 1 fully saturated rings. The van der Waals surface area contributed by atoms with Gasteiger partial charge in [0.15, 0.2) is 0 Å². The van der Waals surface area contributed by atoms with Crippen molar-refractivity contribution < 1.29 is 5.11 Å². The highest BCUT2D eigenvalue weighted by Gasteiger charge is 2.40. The molecule has 2 N–H and O–H groups in total. The third kappa shape index (κ3) is 1.28. The Morgan fingerprint density at radius 2 is 2.07 bits per heavy atom. The minimum Gasteiger partial charge on any atom is -0.390 e. The Kier molecular flexibility index (Phi) is 1.44. The quantitative estimate of drug-likeness (QED) is 0.741. The second kappa shape index (κ2) is 2.54. The lowest BCUT2D eigenvalue weighted by Gasteiger charge is -2.06. The van der Waals surface area contributed by atoms with Crippen LogP contribution in [0.25, 0.3) is 11.0 Å². The molecule has 0 aliphatic heterocycles. The van der Waals surface area contributed by atoms with Gasteiger partial charge in [0.1, 0.15) is 11.0 Å². The molecular weight excluding hydrogens is 178 g/mol. The number of nitrogens with zero attached hydrogens (tertiary/aromatic N) is 2. The van der Waals surface area contributed by atoms with Crippen LogP contribution in [0.5, 0.6) is 0 Å². The third-order valence-electron chi connectivity index (χ3n) is 2.74. The molecule has 1 aliphatic carbocycles. The van der Waals surface area contributed by atoms with E-state index in [2.05, 4.69) is 15.4 Å². The molecule has 0 bridgehead atoms. The summed E-state index contributed by atoms with van der Waals surface area (Å²) in [6.45, 7) is 0. The lowest BCUT2D eigenvalue weighted by atomic mass is 10.1. The van der Waals surface area contributed by atoms with Crippen molar-refractivity contribution in [3.05, 3.63) is 23.8 Å². The van der Waals surface area contributed by atoms with Crippen molar-refractivity contribution in [2.75, 3.05) is 0 Å². The zero-order chi connectivity index (χ0) is 9.60. The van der Waals surface area contributed by atoms with Gasteiger partial charge in [-0.15, -0.1) is 0 Å². The monoisotopic (exact) mass is 189 g/mol. The average Bonchev–Trinajstić information content (AvgIpc) is 2.73. The highest BCUT2D eigenvalue weighted by atomic mass is 16.3. The molecular formula is C10H11N3O. The fourth-order valence-electron chi connectivity index (χ4n) is 1.70. The summed E-state index contributed by atoms with van der Waals surface area (Å²) in [5, 5.41) is 20.3. The van der Waals surface area contributed by atoms with E-state index in [0.29, 0.717) is 0 Å². The Balaban J connectivity index is 1.97. The van der Waals surface area contributed by atoms with Gasteiger partial charge in [-0.1, -0.05) is 6.07 Å². The molecule has 0 amide bonds. The highest BCUT2D eigenvalue weighted by molar-refractivity contribution is 5.74. The van der Waals surface area contributed by atoms with Crippen molar-refractivity contribution in [3.8, 4) is 0 Å². The van der Waals surface area contributed by atoms with Crippen molar-refractivity contribution in [2.24, 2.45) is 0 Å². The molecule has 72 valence electrons. The van der Waals surface area contributed by atoms with E-state index < -0.39 is 5.60 Å². The van der Waals surface area contributed by atoms with Gasteiger partial charge < -0.3 is 5.11 Å². The molecule has 1 aliphatic rings. The fraction of sp³-hybridized carbons (Fsp3) is 0.400. The van der Waals surface area contributed by atoms with E-state index in [1.165, 1.54) is 0 Å². The molecule has 4 heteroatoms. The number of rotatable bonds is 2. The molecule has 1 aromatic heterocycles. The first-order valence-corrected chi connectivity index (χ1v) is 4.77. The van der Waals surface area contributed by atoms with Crippen LogP contribution >= 0.6 is 0 Å². The summed E-state index contributed by atoms with van der Waals surface area (Å²) in [5.74, 6) is 0. The fourth-order valence-corrected chi connectivity index (χ4v) is 1.70. The van der Waals surface area contributed by atoms with Crippen LogP contribution in [0.4, 0.5) is 0 Å². The van der Waals surface area contributed by atoms with E-state index >= 15 is 0 Å². The molecule has 0 saturated heterocycles. The topological polar surface area (TPSA) is 61.8 Å². The number of hydrogen-bond donors (Lipinski definition) is 2. The number of aliphatic hydroxyl groups is 1. The molecule has 4 nitrogen and oxygen atoms in total. The smallest absolute Gasteiger partial charge is 0.113 e. The van der Waals surface area contributed by atoms with E-state index in [1.54, 1.807) is 0 Å². The summed E-state index contributed by atoms with van der Waals surface area (Å²) < 4.78 is 0. The van der Waals surface area contributed by atoms with Crippen molar-refractivity contribution in [2.45, 2.75) is 24.9 Å². The zero-order valence-electron chi connectivity index (χ0n) is 7.70. The Bertz CT molecular complexity index is 473. The molecule has 0 radical (unpaired) electrons. The van der Waals surface area contributed by atoms with Crippen LogP contribution in [0.2, 0.25) is 0 Å². The van der Waals surface area contributed by atoms with E-state index in [0.717, 1.165) is 35.9 Å².